The Kier molecular flexibility index (Phi) is 6.10. The van der Waals surface area contributed by atoms with Crippen LogP contribution in [0.25, 0.3) is 0 Å². The molecule has 0 amide bonds. The number of rotatable bonds is 5. The van der Waals surface area contributed by atoms with Crippen molar-refractivity contribution in [3.63, 3.8) is 0 Å². The second-order valence-electron chi connectivity index (χ2n) is 8.14. The van der Waals surface area contributed by atoms with Crippen molar-refractivity contribution in [3.8, 4) is 5.75 Å². The summed E-state index contributed by atoms with van der Waals surface area (Å²) < 4.78 is 5.72. The second-order valence-corrected chi connectivity index (χ2v) is 8.14. The molecule has 3 nitrogen and oxygen atoms in total. The van der Waals surface area contributed by atoms with Crippen LogP contribution in [0.5, 0.6) is 5.75 Å². The van der Waals surface area contributed by atoms with E-state index in [2.05, 4.69) is 63.0 Å². The molecule has 0 bridgehead atoms. The maximum absolute atomic E-state index is 5.72. The molecule has 1 unspecified atom stereocenters. The van der Waals surface area contributed by atoms with E-state index >= 15 is 0 Å². The topological polar surface area (TPSA) is 24.5 Å². The van der Waals surface area contributed by atoms with E-state index in [0.29, 0.717) is 12.0 Å². The van der Waals surface area contributed by atoms with Crippen molar-refractivity contribution < 1.29 is 4.74 Å². The molecule has 1 aromatic carbocycles. The van der Waals surface area contributed by atoms with E-state index in [1.54, 1.807) is 7.11 Å². The van der Waals surface area contributed by atoms with Crippen molar-refractivity contribution in [2.24, 2.45) is 5.92 Å². The fourth-order valence-corrected chi connectivity index (χ4v) is 3.37. The molecule has 1 atom stereocenters. The van der Waals surface area contributed by atoms with Gasteiger partial charge in [0.1, 0.15) is 5.75 Å². The summed E-state index contributed by atoms with van der Waals surface area (Å²) in [6, 6.07) is 7.20. The molecule has 130 valence electrons. The summed E-state index contributed by atoms with van der Waals surface area (Å²) >= 11 is 0. The molecule has 2 rings (SSSR count). The zero-order chi connectivity index (χ0) is 17.0. The first-order valence-corrected chi connectivity index (χ1v) is 8.96. The molecule has 3 heteroatoms. The van der Waals surface area contributed by atoms with E-state index in [4.69, 9.17) is 4.74 Å². The Morgan fingerprint density at radius 1 is 1.17 bits per heavy atom. The first kappa shape index (κ1) is 18.3. The molecule has 0 spiro atoms. The van der Waals surface area contributed by atoms with Crippen LogP contribution < -0.4 is 10.1 Å². The Morgan fingerprint density at radius 3 is 2.35 bits per heavy atom. The normalized spacial score (nSPS) is 18.2. The quantitative estimate of drug-likeness (QED) is 0.888. The molecule has 1 aliphatic rings. The summed E-state index contributed by atoms with van der Waals surface area (Å²) in [6.45, 7) is 15.8. The molecule has 1 saturated heterocycles. The number of methoxy groups -OCH3 is 1. The third kappa shape index (κ3) is 4.71. The lowest BCUT2D eigenvalue weighted by Gasteiger charge is -2.37. The van der Waals surface area contributed by atoms with Gasteiger partial charge in [-0.25, -0.2) is 0 Å². The van der Waals surface area contributed by atoms with E-state index in [-0.39, 0.29) is 5.41 Å². The summed E-state index contributed by atoms with van der Waals surface area (Å²) in [5, 5.41) is 3.47. The molecule has 1 heterocycles. The molecule has 0 aromatic heterocycles. The number of piperazine rings is 1. The highest BCUT2D eigenvalue weighted by molar-refractivity contribution is 5.42. The van der Waals surface area contributed by atoms with Crippen LogP contribution >= 0.6 is 0 Å². The van der Waals surface area contributed by atoms with Crippen LogP contribution in [0.3, 0.4) is 0 Å². The van der Waals surface area contributed by atoms with Gasteiger partial charge in [-0.3, -0.25) is 4.90 Å². The SMILES string of the molecule is COc1ccc(C(C)(C)C)cc1C(CC(C)C)N1CCNCC1. The lowest BCUT2D eigenvalue weighted by Crippen LogP contribution is -2.45. The number of benzene rings is 1. The number of hydrogen-bond acceptors (Lipinski definition) is 3. The minimum absolute atomic E-state index is 0.160. The van der Waals surface area contributed by atoms with Gasteiger partial charge < -0.3 is 10.1 Å². The Hall–Kier alpha value is -1.06. The highest BCUT2D eigenvalue weighted by Gasteiger charge is 2.27. The Balaban J connectivity index is 2.42. The van der Waals surface area contributed by atoms with Crippen molar-refractivity contribution in [3.05, 3.63) is 29.3 Å². The molecular formula is C20H34N2O. The van der Waals surface area contributed by atoms with Crippen molar-refractivity contribution >= 4 is 0 Å². The Labute approximate surface area is 142 Å². The first-order chi connectivity index (χ1) is 10.8. The summed E-state index contributed by atoms with van der Waals surface area (Å²) in [6.07, 6.45) is 1.17. The third-order valence-electron chi connectivity index (χ3n) is 4.74. The minimum atomic E-state index is 0.160. The van der Waals surface area contributed by atoms with Gasteiger partial charge in [0.15, 0.2) is 0 Å². The molecular weight excluding hydrogens is 284 g/mol. The van der Waals surface area contributed by atoms with Crippen molar-refractivity contribution in [2.75, 3.05) is 33.3 Å². The second kappa shape index (κ2) is 7.67. The zero-order valence-corrected chi connectivity index (χ0v) is 15.8. The third-order valence-corrected chi connectivity index (χ3v) is 4.74. The lowest BCUT2D eigenvalue weighted by molar-refractivity contribution is 0.151. The van der Waals surface area contributed by atoms with E-state index in [1.165, 1.54) is 17.5 Å². The van der Waals surface area contributed by atoms with Crippen molar-refractivity contribution in [1.82, 2.24) is 10.2 Å². The summed E-state index contributed by atoms with van der Waals surface area (Å²) in [5.74, 6) is 1.69. The first-order valence-electron chi connectivity index (χ1n) is 8.96. The molecule has 1 fully saturated rings. The predicted octanol–water partition coefficient (Wildman–Crippen LogP) is 3.99. The van der Waals surface area contributed by atoms with Gasteiger partial charge in [0.05, 0.1) is 7.11 Å². The molecule has 1 aliphatic heterocycles. The molecule has 0 saturated carbocycles. The fraction of sp³-hybridized carbons (Fsp3) is 0.700. The maximum Gasteiger partial charge on any atom is 0.123 e. The number of nitrogens with one attached hydrogen (secondary N) is 1. The fourth-order valence-electron chi connectivity index (χ4n) is 3.37. The van der Waals surface area contributed by atoms with Crippen LogP contribution in [0.2, 0.25) is 0 Å². The van der Waals surface area contributed by atoms with Gasteiger partial charge in [0.2, 0.25) is 0 Å². The summed E-state index contributed by atoms with van der Waals surface area (Å²) in [7, 11) is 1.79. The molecule has 0 radical (unpaired) electrons. The van der Waals surface area contributed by atoms with Gasteiger partial charge in [-0.2, -0.15) is 0 Å². The van der Waals surface area contributed by atoms with Crippen LogP contribution in [-0.2, 0) is 5.41 Å². The van der Waals surface area contributed by atoms with E-state index in [0.717, 1.165) is 31.9 Å². The predicted molar refractivity (Wildman–Crippen MR) is 98.3 cm³/mol. The largest absolute Gasteiger partial charge is 0.496 e. The standard InChI is InChI=1S/C20H34N2O/c1-15(2)13-18(22-11-9-21-10-12-22)17-14-16(20(3,4)5)7-8-19(17)23-6/h7-8,14-15,18,21H,9-13H2,1-6H3. The van der Waals surface area contributed by atoms with Gasteiger partial charge in [-0.15, -0.1) is 0 Å². The van der Waals surface area contributed by atoms with Gasteiger partial charge >= 0.3 is 0 Å². The van der Waals surface area contributed by atoms with Gasteiger partial charge in [-0.05, 0) is 35.4 Å². The molecule has 0 aliphatic carbocycles. The number of nitrogens with zero attached hydrogens (tertiary/aromatic N) is 1. The summed E-state index contributed by atoms with van der Waals surface area (Å²) in [5.41, 5.74) is 2.90. The average molecular weight is 319 g/mol. The average Bonchev–Trinajstić information content (AvgIpc) is 2.52. The highest BCUT2D eigenvalue weighted by atomic mass is 16.5. The Morgan fingerprint density at radius 2 is 1.83 bits per heavy atom. The van der Waals surface area contributed by atoms with E-state index in [9.17, 15) is 0 Å². The van der Waals surface area contributed by atoms with Crippen molar-refractivity contribution in [2.45, 2.75) is 52.5 Å². The monoisotopic (exact) mass is 318 g/mol. The lowest BCUT2D eigenvalue weighted by atomic mass is 9.84. The molecule has 1 N–H and O–H groups in total. The van der Waals surface area contributed by atoms with Crippen LogP contribution in [-0.4, -0.2) is 38.2 Å². The van der Waals surface area contributed by atoms with Gasteiger partial charge in [0.25, 0.3) is 0 Å². The maximum atomic E-state index is 5.72. The molecule has 1 aromatic rings. The van der Waals surface area contributed by atoms with Crippen molar-refractivity contribution in [1.29, 1.82) is 0 Å². The van der Waals surface area contributed by atoms with Gasteiger partial charge in [0, 0.05) is 37.8 Å². The number of ether oxygens (including phenoxy) is 1. The minimum Gasteiger partial charge on any atom is -0.496 e. The van der Waals surface area contributed by atoms with E-state index < -0.39 is 0 Å². The van der Waals surface area contributed by atoms with Crippen LogP contribution in [0.4, 0.5) is 0 Å². The van der Waals surface area contributed by atoms with Gasteiger partial charge in [-0.1, -0.05) is 40.7 Å². The highest BCUT2D eigenvalue weighted by Crippen LogP contribution is 2.37. The van der Waals surface area contributed by atoms with E-state index in [1.807, 2.05) is 0 Å². The Bertz CT molecular complexity index is 499. The smallest absolute Gasteiger partial charge is 0.123 e. The molecule has 23 heavy (non-hydrogen) atoms. The summed E-state index contributed by atoms with van der Waals surface area (Å²) in [4.78, 5) is 2.63. The van der Waals surface area contributed by atoms with Crippen LogP contribution in [0.1, 0.15) is 58.2 Å². The zero-order valence-electron chi connectivity index (χ0n) is 15.8. The number of hydrogen-bond donors (Lipinski definition) is 1. The van der Waals surface area contributed by atoms with Crippen LogP contribution in [0.15, 0.2) is 18.2 Å². The van der Waals surface area contributed by atoms with Crippen LogP contribution in [0, 0.1) is 5.92 Å².